The largest absolute Gasteiger partial charge is 0.326 e. The van der Waals surface area contributed by atoms with Gasteiger partial charge in [-0.25, -0.2) is 0 Å². The van der Waals surface area contributed by atoms with E-state index in [1.807, 2.05) is 49.4 Å². The van der Waals surface area contributed by atoms with E-state index in [1.165, 1.54) is 0 Å². The quantitative estimate of drug-likeness (QED) is 0.910. The number of nitrogens with two attached hydrogens (primary N) is 1. The van der Waals surface area contributed by atoms with Gasteiger partial charge in [0.15, 0.2) is 0 Å². The molecular formula is C15H15BrN2O. The van der Waals surface area contributed by atoms with Crippen LogP contribution in [-0.4, -0.2) is 5.91 Å². The van der Waals surface area contributed by atoms with E-state index < -0.39 is 0 Å². The molecule has 0 saturated heterocycles. The number of anilines is 1. The molecule has 0 unspecified atom stereocenters. The van der Waals surface area contributed by atoms with Crippen LogP contribution in [0.2, 0.25) is 0 Å². The lowest BCUT2D eigenvalue weighted by Crippen LogP contribution is -2.13. The third-order valence-electron chi connectivity index (χ3n) is 2.79. The number of benzene rings is 2. The first-order valence-corrected chi connectivity index (χ1v) is 6.76. The smallest absolute Gasteiger partial charge is 0.256 e. The van der Waals surface area contributed by atoms with Crippen molar-refractivity contribution in [2.75, 3.05) is 5.32 Å². The van der Waals surface area contributed by atoms with Crippen molar-refractivity contribution in [3.8, 4) is 0 Å². The summed E-state index contributed by atoms with van der Waals surface area (Å²) in [5, 5.41) is 2.87. The van der Waals surface area contributed by atoms with Gasteiger partial charge in [-0.2, -0.15) is 0 Å². The second-order valence-electron chi connectivity index (χ2n) is 4.34. The molecule has 3 N–H and O–H groups in total. The Hall–Kier alpha value is -1.65. The Labute approximate surface area is 121 Å². The topological polar surface area (TPSA) is 55.1 Å². The fourth-order valence-corrected chi connectivity index (χ4v) is 2.45. The van der Waals surface area contributed by atoms with Crippen LogP contribution < -0.4 is 11.1 Å². The molecule has 2 aromatic rings. The van der Waals surface area contributed by atoms with Crippen LogP contribution in [0.3, 0.4) is 0 Å². The molecule has 2 aromatic carbocycles. The van der Waals surface area contributed by atoms with Crippen LogP contribution in [0.4, 0.5) is 5.69 Å². The molecule has 0 spiro atoms. The molecule has 0 atom stereocenters. The number of rotatable bonds is 3. The minimum Gasteiger partial charge on any atom is -0.326 e. The van der Waals surface area contributed by atoms with Gasteiger partial charge in [-0.3, -0.25) is 4.79 Å². The Bertz CT molecular complexity index is 611. The lowest BCUT2D eigenvalue weighted by Gasteiger charge is -2.08. The zero-order valence-electron chi connectivity index (χ0n) is 10.6. The molecule has 19 heavy (non-hydrogen) atoms. The van der Waals surface area contributed by atoms with Gasteiger partial charge in [0.2, 0.25) is 0 Å². The van der Waals surface area contributed by atoms with Crippen molar-refractivity contribution >= 4 is 27.5 Å². The highest BCUT2D eigenvalue weighted by Crippen LogP contribution is 2.20. The first-order valence-electron chi connectivity index (χ1n) is 5.96. The van der Waals surface area contributed by atoms with E-state index in [9.17, 15) is 4.79 Å². The number of hydrogen-bond acceptors (Lipinski definition) is 2. The molecule has 3 nitrogen and oxygen atoms in total. The van der Waals surface area contributed by atoms with Gasteiger partial charge in [0.05, 0.1) is 5.56 Å². The standard InChI is InChI=1S/C15H15BrN2O/c1-10-5-6-13(14(16)7-10)15(19)18-12-4-2-3-11(8-12)9-17/h2-8H,9,17H2,1H3,(H,18,19). The van der Waals surface area contributed by atoms with Crippen molar-refractivity contribution in [1.29, 1.82) is 0 Å². The van der Waals surface area contributed by atoms with E-state index >= 15 is 0 Å². The highest BCUT2D eigenvalue weighted by atomic mass is 79.9. The van der Waals surface area contributed by atoms with E-state index in [-0.39, 0.29) is 5.91 Å². The molecule has 0 bridgehead atoms. The number of carbonyl (C=O) groups is 1. The van der Waals surface area contributed by atoms with Gasteiger partial charge in [0.1, 0.15) is 0 Å². The fourth-order valence-electron chi connectivity index (χ4n) is 1.78. The lowest BCUT2D eigenvalue weighted by molar-refractivity contribution is 0.102. The zero-order chi connectivity index (χ0) is 13.8. The van der Waals surface area contributed by atoms with E-state index in [0.717, 1.165) is 21.3 Å². The molecule has 2 rings (SSSR count). The molecule has 0 aliphatic carbocycles. The summed E-state index contributed by atoms with van der Waals surface area (Å²) in [6.45, 7) is 2.44. The van der Waals surface area contributed by atoms with Crippen LogP contribution in [0.5, 0.6) is 0 Å². The van der Waals surface area contributed by atoms with Crippen LogP contribution in [0.25, 0.3) is 0 Å². The molecule has 1 amide bonds. The summed E-state index contributed by atoms with van der Waals surface area (Å²) in [4.78, 5) is 12.2. The Morgan fingerprint density at radius 1 is 1.26 bits per heavy atom. The summed E-state index contributed by atoms with van der Waals surface area (Å²) in [6.07, 6.45) is 0. The Kier molecular flexibility index (Phi) is 4.35. The average Bonchev–Trinajstić information content (AvgIpc) is 2.38. The van der Waals surface area contributed by atoms with E-state index in [4.69, 9.17) is 5.73 Å². The maximum Gasteiger partial charge on any atom is 0.256 e. The van der Waals surface area contributed by atoms with Crippen molar-refractivity contribution < 1.29 is 4.79 Å². The molecule has 0 fully saturated rings. The van der Waals surface area contributed by atoms with Crippen molar-refractivity contribution in [3.05, 3.63) is 63.6 Å². The van der Waals surface area contributed by atoms with Gasteiger partial charge in [-0.05, 0) is 58.2 Å². The predicted octanol–water partition coefficient (Wildman–Crippen LogP) is 3.47. The van der Waals surface area contributed by atoms with Gasteiger partial charge in [0, 0.05) is 16.7 Å². The molecule has 0 aromatic heterocycles. The molecule has 0 aliphatic rings. The summed E-state index contributed by atoms with van der Waals surface area (Å²) in [5.74, 6) is -0.138. The maximum atomic E-state index is 12.2. The normalized spacial score (nSPS) is 10.3. The van der Waals surface area contributed by atoms with Crippen LogP contribution in [0, 0.1) is 6.92 Å². The van der Waals surface area contributed by atoms with Gasteiger partial charge in [-0.1, -0.05) is 18.2 Å². The van der Waals surface area contributed by atoms with Gasteiger partial charge >= 0.3 is 0 Å². The SMILES string of the molecule is Cc1ccc(C(=O)Nc2cccc(CN)c2)c(Br)c1. The summed E-state index contributed by atoms with van der Waals surface area (Å²) >= 11 is 3.41. The van der Waals surface area contributed by atoms with Gasteiger partial charge in [-0.15, -0.1) is 0 Å². The molecule has 4 heteroatoms. The number of carbonyl (C=O) groups excluding carboxylic acids is 1. The molecule has 0 radical (unpaired) electrons. The Morgan fingerprint density at radius 3 is 2.74 bits per heavy atom. The van der Waals surface area contributed by atoms with Gasteiger partial charge in [0.25, 0.3) is 5.91 Å². The minimum atomic E-state index is -0.138. The van der Waals surface area contributed by atoms with Crippen molar-refractivity contribution in [2.45, 2.75) is 13.5 Å². The molecule has 98 valence electrons. The fraction of sp³-hybridized carbons (Fsp3) is 0.133. The average molecular weight is 319 g/mol. The van der Waals surface area contributed by atoms with E-state index in [2.05, 4.69) is 21.2 Å². The lowest BCUT2D eigenvalue weighted by atomic mass is 10.1. The third kappa shape index (κ3) is 3.43. The Balaban J connectivity index is 2.20. The molecule has 0 heterocycles. The second kappa shape index (κ2) is 5.99. The number of halogens is 1. The minimum absolute atomic E-state index is 0.138. The number of nitrogens with one attached hydrogen (secondary N) is 1. The second-order valence-corrected chi connectivity index (χ2v) is 5.20. The summed E-state index contributed by atoms with van der Waals surface area (Å²) < 4.78 is 0.792. The van der Waals surface area contributed by atoms with Crippen molar-refractivity contribution in [1.82, 2.24) is 0 Å². The highest BCUT2D eigenvalue weighted by molar-refractivity contribution is 9.10. The summed E-state index contributed by atoms with van der Waals surface area (Å²) in [7, 11) is 0. The van der Waals surface area contributed by atoms with E-state index in [0.29, 0.717) is 12.1 Å². The molecule has 0 aliphatic heterocycles. The predicted molar refractivity (Wildman–Crippen MR) is 81.2 cm³/mol. The number of hydrogen-bond donors (Lipinski definition) is 2. The highest BCUT2D eigenvalue weighted by Gasteiger charge is 2.10. The summed E-state index contributed by atoms with van der Waals surface area (Å²) in [6, 6.07) is 13.2. The summed E-state index contributed by atoms with van der Waals surface area (Å²) in [5.41, 5.74) is 9.04. The monoisotopic (exact) mass is 318 g/mol. The molecule has 0 saturated carbocycles. The first kappa shape index (κ1) is 13.8. The first-order chi connectivity index (χ1) is 9.10. The van der Waals surface area contributed by atoms with Crippen LogP contribution in [0.15, 0.2) is 46.9 Å². The van der Waals surface area contributed by atoms with E-state index in [1.54, 1.807) is 0 Å². The Morgan fingerprint density at radius 2 is 2.05 bits per heavy atom. The molecular weight excluding hydrogens is 304 g/mol. The van der Waals surface area contributed by atoms with Crippen LogP contribution >= 0.6 is 15.9 Å². The zero-order valence-corrected chi connectivity index (χ0v) is 12.2. The maximum absolute atomic E-state index is 12.2. The number of amides is 1. The number of aryl methyl sites for hydroxylation is 1. The van der Waals surface area contributed by atoms with Crippen LogP contribution in [0.1, 0.15) is 21.5 Å². The van der Waals surface area contributed by atoms with Crippen molar-refractivity contribution in [3.63, 3.8) is 0 Å². The van der Waals surface area contributed by atoms with Crippen LogP contribution in [-0.2, 0) is 6.54 Å². The van der Waals surface area contributed by atoms with Gasteiger partial charge < -0.3 is 11.1 Å². The third-order valence-corrected chi connectivity index (χ3v) is 3.45. The van der Waals surface area contributed by atoms with Crippen molar-refractivity contribution in [2.24, 2.45) is 5.73 Å².